The first kappa shape index (κ1) is 14.6. The van der Waals surface area contributed by atoms with Gasteiger partial charge in [-0.15, -0.1) is 0 Å². The van der Waals surface area contributed by atoms with E-state index in [1.54, 1.807) is 0 Å². The van der Waals surface area contributed by atoms with Crippen molar-refractivity contribution in [2.24, 2.45) is 0 Å². The van der Waals surface area contributed by atoms with E-state index in [1.807, 2.05) is 0 Å². The van der Waals surface area contributed by atoms with Crippen LogP contribution in [0.15, 0.2) is 18.2 Å². The van der Waals surface area contributed by atoms with Crippen molar-refractivity contribution in [3.8, 4) is 0 Å². The maximum absolute atomic E-state index is 13.4. The lowest BCUT2D eigenvalue weighted by atomic mass is 10.0. The number of aliphatic hydroxyl groups is 3. The first-order valence-electron chi connectivity index (χ1n) is 5.45. The van der Waals surface area contributed by atoms with Gasteiger partial charge in [-0.25, -0.2) is 4.39 Å². The Bertz CT molecular complexity index is 425. The Morgan fingerprint density at radius 3 is 2.61 bits per heavy atom. The minimum atomic E-state index is -1.31. The van der Waals surface area contributed by atoms with Crippen molar-refractivity contribution in [2.45, 2.75) is 25.7 Å². The minimum Gasteiger partial charge on any atom is -0.392 e. The molecule has 2 atom stereocenters. The summed E-state index contributed by atoms with van der Waals surface area (Å²) in [6.45, 7) is 0.728. The number of hydrogen-bond donors (Lipinski definition) is 4. The summed E-state index contributed by atoms with van der Waals surface area (Å²) in [7, 11) is 0. The molecular formula is C12H16FNO4. The first-order valence-corrected chi connectivity index (χ1v) is 5.45. The molecule has 0 aliphatic rings. The van der Waals surface area contributed by atoms with Crippen molar-refractivity contribution in [1.82, 2.24) is 5.32 Å². The fourth-order valence-corrected chi connectivity index (χ4v) is 1.46. The first-order chi connectivity index (χ1) is 8.45. The molecule has 5 nitrogen and oxygen atoms in total. The van der Waals surface area contributed by atoms with Gasteiger partial charge in [0.25, 0.3) is 0 Å². The van der Waals surface area contributed by atoms with E-state index in [-0.39, 0.29) is 23.6 Å². The summed E-state index contributed by atoms with van der Waals surface area (Å²) >= 11 is 0. The highest BCUT2D eigenvalue weighted by molar-refractivity contribution is 5.72. The molecule has 6 heteroatoms. The highest BCUT2D eigenvalue weighted by Crippen LogP contribution is 2.19. The number of benzene rings is 1. The maximum atomic E-state index is 13.4. The van der Waals surface area contributed by atoms with E-state index in [4.69, 9.17) is 5.11 Å². The molecule has 0 bridgehead atoms. The largest absolute Gasteiger partial charge is 0.392 e. The predicted octanol–water partition coefficient (Wildman–Crippen LogP) is -0.152. The summed E-state index contributed by atoms with van der Waals surface area (Å²) in [4.78, 5) is 10.7. The number of carbonyl (C=O) groups is 1. The quantitative estimate of drug-likeness (QED) is 0.590. The molecule has 0 radical (unpaired) electrons. The molecule has 0 aliphatic carbocycles. The standard InChI is InChI=1S/C12H16FNO4/c1-7(16)14-5-11(17)12(18)8-2-3-9(6-15)10(13)4-8/h2-4,11-12,15,17-18H,5-6H2,1H3,(H,14,16). The van der Waals surface area contributed by atoms with E-state index in [1.165, 1.54) is 19.1 Å². The highest BCUT2D eigenvalue weighted by atomic mass is 19.1. The van der Waals surface area contributed by atoms with Crippen LogP contribution in [-0.4, -0.2) is 33.9 Å². The summed E-state index contributed by atoms with van der Waals surface area (Å²) in [5.41, 5.74) is 0.296. The average molecular weight is 257 g/mol. The van der Waals surface area contributed by atoms with Crippen LogP contribution in [0.4, 0.5) is 4.39 Å². The Hall–Kier alpha value is -1.50. The summed E-state index contributed by atoms with van der Waals surface area (Å²) in [6.07, 6.45) is -2.53. The SMILES string of the molecule is CC(=O)NCC(O)C(O)c1ccc(CO)c(F)c1. The average Bonchev–Trinajstić information content (AvgIpc) is 2.34. The molecule has 100 valence electrons. The van der Waals surface area contributed by atoms with E-state index >= 15 is 0 Å². The van der Waals surface area contributed by atoms with Crippen LogP contribution >= 0.6 is 0 Å². The number of rotatable bonds is 5. The number of carbonyl (C=O) groups excluding carboxylic acids is 1. The molecule has 0 aromatic heterocycles. The molecular weight excluding hydrogens is 241 g/mol. The summed E-state index contributed by atoms with van der Waals surface area (Å²) < 4.78 is 13.4. The zero-order valence-corrected chi connectivity index (χ0v) is 9.93. The molecule has 0 saturated carbocycles. The Morgan fingerprint density at radius 2 is 2.11 bits per heavy atom. The minimum absolute atomic E-state index is 0.113. The number of halogens is 1. The maximum Gasteiger partial charge on any atom is 0.216 e. The second-order valence-electron chi connectivity index (χ2n) is 3.96. The monoisotopic (exact) mass is 257 g/mol. The molecule has 2 unspecified atom stereocenters. The Labute approximate surface area is 104 Å². The number of amides is 1. The van der Waals surface area contributed by atoms with E-state index in [2.05, 4.69) is 5.32 Å². The lowest BCUT2D eigenvalue weighted by Gasteiger charge is -2.18. The topological polar surface area (TPSA) is 89.8 Å². The normalized spacial score (nSPS) is 14.1. The van der Waals surface area contributed by atoms with Crippen LogP contribution in [0.5, 0.6) is 0 Å². The van der Waals surface area contributed by atoms with Crippen LogP contribution in [0.25, 0.3) is 0 Å². The van der Waals surface area contributed by atoms with Gasteiger partial charge in [-0.05, 0) is 11.6 Å². The second kappa shape index (κ2) is 6.44. The lowest BCUT2D eigenvalue weighted by Crippen LogP contribution is -2.34. The van der Waals surface area contributed by atoms with Gasteiger partial charge in [0.1, 0.15) is 18.0 Å². The number of aliphatic hydroxyl groups excluding tert-OH is 3. The molecule has 0 spiro atoms. The summed E-state index contributed by atoms with van der Waals surface area (Å²) in [5, 5.41) is 30.5. The lowest BCUT2D eigenvalue weighted by molar-refractivity contribution is -0.119. The van der Waals surface area contributed by atoms with Gasteiger partial charge in [0.15, 0.2) is 0 Å². The third-order valence-corrected chi connectivity index (χ3v) is 2.51. The van der Waals surface area contributed by atoms with Gasteiger partial charge >= 0.3 is 0 Å². The fraction of sp³-hybridized carbons (Fsp3) is 0.417. The highest BCUT2D eigenvalue weighted by Gasteiger charge is 2.19. The van der Waals surface area contributed by atoms with Gasteiger partial charge in [0, 0.05) is 19.0 Å². The van der Waals surface area contributed by atoms with Gasteiger partial charge in [-0.2, -0.15) is 0 Å². The van der Waals surface area contributed by atoms with Crippen LogP contribution in [-0.2, 0) is 11.4 Å². The Balaban J connectivity index is 2.74. The van der Waals surface area contributed by atoms with Crippen molar-refractivity contribution in [1.29, 1.82) is 0 Å². The van der Waals surface area contributed by atoms with Crippen molar-refractivity contribution < 1.29 is 24.5 Å². The van der Waals surface area contributed by atoms with E-state index in [0.29, 0.717) is 0 Å². The van der Waals surface area contributed by atoms with Gasteiger partial charge in [-0.3, -0.25) is 4.79 Å². The smallest absolute Gasteiger partial charge is 0.216 e. The molecule has 4 N–H and O–H groups in total. The Kier molecular flexibility index (Phi) is 5.21. The molecule has 0 heterocycles. The van der Waals surface area contributed by atoms with Crippen molar-refractivity contribution in [3.63, 3.8) is 0 Å². The van der Waals surface area contributed by atoms with Crippen molar-refractivity contribution in [3.05, 3.63) is 35.1 Å². The molecule has 18 heavy (non-hydrogen) atoms. The van der Waals surface area contributed by atoms with E-state index < -0.39 is 24.6 Å². The van der Waals surface area contributed by atoms with Crippen molar-refractivity contribution in [2.75, 3.05) is 6.54 Å². The summed E-state index contributed by atoms with van der Waals surface area (Å²) in [5.74, 6) is -0.983. The molecule has 1 aromatic rings. The number of nitrogens with one attached hydrogen (secondary N) is 1. The van der Waals surface area contributed by atoms with Crippen molar-refractivity contribution >= 4 is 5.91 Å². The van der Waals surface area contributed by atoms with Gasteiger partial charge in [0.05, 0.1) is 6.61 Å². The van der Waals surface area contributed by atoms with Crippen LogP contribution in [0.3, 0.4) is 0 Å². The molecule has 0 fully saturated rings. The third-order valence-electron chi connectivity index (χ3n) is 2.51. The second-order valence-corrected chi connectivity index (χ2v) is 3.96. The predicted molar refractivity (Wildman–Crippen MR) is 62.0 cm³/mol. The van der Waals surface area contributed by atoms with Gasteiger partial charge in [0.2, 0.25) is 5.91 Å². The van der Waals surface area contributed by atoms with Gasteiger partial charge in [-0.1, -0.05) is 12.1 Å². The Morgan fingerprint density at radius 1 is 1.44 bits per heavy atom. The van der Waals surface area contributed by atoms with Crippen LogP contribution in [0.2, 0.25) is 0 Å². The van der Waals surface area contributed by atoms with E-state index in [0.717, 1.165) is 6.07 Å². The third kappa shape index (κ3) is 3.76. The van der Waals surface area contributed by atoms with Crippen LogP contribution < -0.4 is 5.32 Å². The molecule has 1 rings (SSSR count). The molecule has 1 aromatic carbocycles. The van der Waals surface area contributed by atoms with E-state index in [9.17, 15) is 19.4 Å². The van der Waals surface area contributed by atoms with Gasteiger partial charge < -0.3 is 20.6 Å². The fourth-order valence-electron chi connectivity index (χ4n) is 1.46. The van der Waals surface area contributed by atoms with Crippen LogP contribution in [0.1, 0.15) is 24.2 Å². The molecule has 0 saturated heterocycles. The zero-order chi connectivity index (χ0) is 13.7. The summed E-state index contributed by atoms with van der Waals surface area (Å²) in [6, 6.07) is 3.79. The number of hydrogen-bond acceptors (Lipinski definition) is 4. The zero-order valence-electron chi connectivity index (χ0n) is 9.93. The van der Waals surface area contributed by atoms with Crippen LogP contribution in [0, 0.1) is 5.82 Å². The molecule has 0 aliphatic heterocycles. The molecule has 1 amide bonds.